The lowest BCUT2D eigenvalue weighted by molar-refractivity contribution is 0.200. The van der Waals surface area contributed by atoms with Crippen molar-refractivity contribution in [3.63, 3.8) is 0 Å². The van der Waals surface area contributed by atoms with E-state index in [1.165, 1.54) is 12.8 Å². The second-order valence-electron chi connectivity index (χ2n) is 3.40. The predicted molar refractivity (Wildman–Crippen MR) is 44.3 cm³/mol. The second kappa shape index (κ2) is 3.60. The molecule has 1 fully saturated rings. The zero-order chi connectivity index (χ0) is 8.27. The molecule has 0 aromatic carbocycles. The third-order valence-electron chi connectivity index (χ3n) is 2.25. The maximum atomic E-state index is 10.7. The Morgan fingerprint density at radius 3 is 2.64 bits per heavy atom. The van der Waals surface area contributed by atoms with Gasteiger partial charge in [-0.1, -0.05) is 6.92 Å². The molecule has 0 bridgehead atoms. The Labute approximate surface area is 67.5 Å². The molecule has 0 unspecified atom stereocenters. The highest BCUT2D eigenvalue weighted by molar-refractivity contribution is 5.73. The van der Waals surface area contributed by atoms with Crippen LogP contribution >= 0.6 is 0 Å². The topological polar surface area (TPSA) is 41.1 Å². The van der Waals surface area contributed by atoms with Crippen LogP contribution in [0.5, 0.6) is 0 Å². The van der Waals surface area contributed by atoms with Crippen molar-refractivity contribution in [2.75, 3.05) is 13.6 Å². The Balaban J connectivity index is 2.00. The van der Waals surface area contributed by atoms with Crippen molar-refractivity contribution in [1.29, 1.82) is 0 Å². The minimum Gasteiger partial charge on any atom is -0.341 e. The van der Waals surface area contributed by atoms with E-state index in [0.717, 1.165) is 18.4 Å². The first-order valence-electron chi connectivity index (χ1n) is 4.18. The summed E-state index contributed by atoms with van der Waals surface area (Å²) >= 11 is 0. The summed E-state index contributed by atoms with van der Waals surface area (Å²) in [6.07, 6.45) is 2.54. The average Bonchev–Trinajstić information content (AvgIpc) is 1.95. The summed E-state index contributed by atoms with van der Waals surface area (Å²) < 4.78 is 0. The number of carbonyl (C=O) groups is 1. The maximum absolute atomic E-state index is 10.7. The van der Waals surface area contributed by atoms with Crippen molar-refractivity contribution < 1.29 is 4.79 Å². The summed E-state index contributed by atoms with van der Waals surface area (Å²) in [7, 11) is 1.64. The molecule has 3 nitrogen and oxygen atoms in total. The lowest BCUT2D eigenvalue weighted by Gasteiger charge is -2.32. The lowest BCUT2D eigenvalue weighted by atomic mass is 9.76. The second-order valence-corrected chi connectivity index (χ2v) is 3.40. The fourth-order valence-electron chi connectivity index (χ4n) is 1.56. The van der Waals surface area contributed by atoms with Crippen molar-refractivity contribution in [2.45, 2.75) is 19.8 Å². The van der Waals surface area contributed by atoms with E-state index < -0.39 is 0 Å². The first kappa shape index (κ1) is 8.37. The van der Waals surface area contributed by atoms with E-state index in [1.807, 2.05) is 0 Å². The Hall–Kier alpha value is -0.730. The smallest absolute Gasteiger partial charge is 0.314 e. The zero-order valence-electron chi connectivity index (χ0n) is 7.18. The average molecular weight is 156 g/mol. The molecular weight excluding hydrogens is 140 g/mol. The minimum atomic E-state index is -0.0652. The Kier molecular flexibility index (Phi) is 2.74. The van der Waals surface area contributed by atoms with Crippen LogP contribution in [0, 0.1) is 11.8 Å². The summed E-state index contributed by atoms with van der Waals surface area (Å²) in [6.45, 7) is 3.08. The number of urea groups is 1. The van der Waals surface area contributed by atoms with Crippen molar-refractivity contribution >= 4 is 6.03 Å². The largest absolute Gasteiger partial charge is 0.341 e. The normalized spacial score (nSPS) is 28.9. The number of hydrogen-bond donors (Lipinski definition) is 2. The van der Waals surface area contributed by atoms with E-state index in [0.29, 0.717) is 0 Å². The van der Waals surface area contributed by atoms with Crippen LogP contribution in [0.3, 0.4) is 0 Å². The van der Waals surface area contributed by atoms with Crippen molar-refractivity contribution in [1.82, 2.24) is 10.6 Å². The van der Waals surface area contributed by atoms with E-state index in [4.69, 9.17) is 0 Å². The van der Waals surface area contributed by atoms with Crippen LogP contribution in [0.2, 0.25) is 0 Å². The molecule has 0 spiro atoms. The monoisotopic (exact) mass is 156 g/mol. The van der Waals surface area contributed by atoms with Gasteiger partial charge >= 0.3 is 6.03 Å². The molecule has 0 aromatic heterocycles. The van der Waals surface area contributed by atoms with E-state index >= 15 is 0 Å². The number of rotatable bonds is 2. The molecule has 64 valence electrons. The molecule has 1 rings (SSSR count). The predicted octanol–water partition coefficient (Wildman–Crippen LogP) is 0.961. The van der Waals surface area contributed by atoms with Gasteiger partial charge in [-0.15, -0.1) is 0 Å². The molecule has 2 amide bonds. The molecular formula is C8H16N2O. The summed E-state index contributed by atoms with van der Waals surface area (Å²) in [5.41, 5.74) is 0. The molecule has 1 aliphatic rings. The van der Waals surface area contributed by atoms with Gasteiger partial charge in [0.15, 0.2) is 0 Å². The van der Waals surface area contributed by atoms with Gasteiger partial charge in [-0.05, 0) is 24.7 Å². The maximum Gasteiger partial charge on any atom is 0.314 e. The van der Waals surface area contributed by atoms with E-state index in [-0.39, 0.29) is 6.03 Å². The first-order chi connectivity index (χ1) is 5.22. The quantitative estimate of drug-likeness (QED) is 0.614. The van der Waals surface area contributed by atoms with E-state index in [9.17, 15) is 4.79 Å². The molecule has 0 radical (unpaired) electrons. The molecule has 0 aliphatic heterocycles. The molecule has 2 N–H and O–H groups in total. The van der Waals surface area contributed by atoms with Gasteiger partial charge in [0.05, 0.1) is 0 Å². The molecule has 1 aliphatic carbocycles. The highest BCUT2D eigenvalue weighted by Gasteiger charge is 2.24. The van der Waals surface area contributed by atoms with E-state index in [2.05, 4.69) is 17.6 Å². The number of carbonyl (C=O) groups excluding carboxylic acids is 1. The van der Waals surface area contributed by atoms with Crippen LogP contribution in [0.15, 0.2) is 0 Å². The fraction of sp³-hybridized carbons (Fsp3) is 0.875. The third kappa shape index (κ3) is 2.41. The van der Waals surface area contributed by atoms with Gasteiger partial charge in [0.25, 0.3) is 0 Å². The zero-order valence-corrected chi connectivity index (χ0v) is 7.18. The number of amides is 2. The molecule has 0 aromatic rings. The van der Waals surface area contributed by atoms with Crippen LogP contribution in [-0.4, -0.2) is 19.6 Å². The van der Waals surface area contributed by atoms with Gasteiger partial charge in [-0.2, -0.15) is 0 Å². The van der Waals surface area contributed by atoms with Crippen molar-refractivity contribution in [2.24, 2.45) is 11.8 Å². The van der Waals surface area contributed by atoms with Crippen LogP contribution in [0.1, 0.15) is 19.8 Å². The van der Waals surface area contributed by atoms with Crippen LogP contribution < -0.4 is 10.6 Å². The Bertz CT molecular complexity index is 141. The fourth-order valence-corrected chi connectivity index (χ4v) is 1.56. The van der Waals surface area contributed by atoms with E-state index in [1.54, 1.807) is 7.05 Å². The first-order valence-corrected chi connectivity index (χ1v) is 4.18. The minimum absolute atomic E-state index is 0.0652. The molecule has 0 saturated heterocycles. The van der Waals surface area contributed by atoms with Crippen LogP contribution in [-0.2, 0) is 0 Å². The number of nitrogens with one attached hydrogen (secondary N) is 2. The molecule has 3 heteroatoms. The molecule has 0 atom stereocenters. The molecule has 11 heavy (non-hydrogen) atoms. The van der Waals surface area contributed by atoms with Crippen molar-refractivity contribution in [3.8, 4) is 0 Å². The standard InChI is InChI=1S/C8H16N2O/c1-6-3-7(4-6)5-10-8(11)9-2/h6-7H,3-5H2,1-2H3,(H2,9,10,11). The third-order valence-corrected chi connectivity index (χ3v) is 2.25. The van der Waals surface area contributed by atoms with Crippen molar-refractivity contribution in [3.05, 3.63) is 0 Å². The highest BCUT2D eigenvalue weighted by Crippen LogP contribution is 2.32. The van der Waals surface area contributed by atoms with Gasteiger partial charge in [-0.25, -0.2) is 4.79 Å². The SMILES string of the molecule is CNC(=O)NCC1CC(C)C1. The summed E-state index contributed by atoms with van der Waals surface area (Å²) in [5.74, 6) is 1.59. The molecule has 0 heterocycles. The summed E-state index contributed by atoms with van der Waals surface area (Å²) in [4.78, 5) is 10.7. The highest BCUT2D eigenvalue weighted by atomic mass is 16.2. The van der Waals surface area contributed by atoms with Gasteiger partial charge in [0.2, 0.25) is 0 Å². The number of hydrogen-bond acceptors (Lipinski definition) is 1. The van der Waals surface area contributed by atoms with Gasteiger partial charge in [-0.3, -0.25) is 0 Å². The van der Waals surface area contributed by atoms with Gasteiger partial charge in [0.1, 0.15) is 0 Å². The molecule has 1 saturated carbocycles. The Morgan fingerprint density at radius 1 is 1.55 bits per heavy atom. The lowest BCUT2D eigenvalue weighted by Crippen LogP contribution is -2.39. The van der Waals surface area contributed by atoms with Gasteiger partial charge < -0.3 is 10.6 Å². The summed E-state index contributed by atoms with van der Waals surface area (Å²) in [6, 6.07) is -0.0652. The van der Waals surface area contributed by atoms with Crippen LogP contribution in [0.4, 0.5) is 4.79 Å². The summed E-state index contributed by atoms with van der Waals surface area (Å²) in [5, 5.41) is 5.33. The Morgan fingerprint density at radius 2 is 2.18 bits per heavy atom. The van der Waals surface area contributed by atoms with Gasteiger partial charge in [0, 0.05) is 13.6 Å². The van der Waals surface area contributed by atoms with Crippen LogP contribution in [0.25, 0.3) is 0 Å².